The van der Waals surface area contributed by atoms with Crippen LogP contribution in [0.2, 0.25) is 0 Å². The summed E-state index contributed by atoms with van der Waals surface area (Å²) in [6.45, 7) is 3.01. The Labute approximate surface area is 196 Å². The highest BCUT2D eigenvalue weighted by Gasteiger charge is 2.42. The summed E-state index contributed by atoms with van der Waals surface area (Å²) < 4.78 is 11.1. The van der Waals surface area contributed by atoms with Crippen molar-refractivity contribution in [1.82, 2.24) is 0 Å². The fourth-order valence-electron chi connectivity index (χ4n) is 4.47. The van der Waals surface area contributed by atoms with E-state index in [-0.39, 0.29) is 6.61 Å². The molecule has 0 radical (unpaired) electrons. The Hall–Kier alpha value is -0.240. The highest BCUT2D eigenvalue weighted by atomic mass is 16.5. The number of aliphatic hydroxyl groups excluding tert-OH is 4. The lowest BCUT2D eigenvalue weighted by atomic mass is 9.94. The summed E-state index contributed by atoms with van der Waals surface area (Å²) in [5, 5.41) is 38.8. The molecule has 0 aromatic heterocycles. The summed E-state index contributed by atoms with van der Waals surface area (Å²) in [6, 6.07) is 0. The highest BCUT2D eigenvalue weighted by molar-refractivity contribution is 4.91. The lowest BCUT2D eigenvalue weighted by Crippen LogP contribution is -2.58. The van der Waals surface area contributed by atoms with E-state index >= 15 is 0 Å². The summed E-state index contributed by atoms with van der Waals surface area (Å²) in [5.74, 6) is 0. The van der Waals surface area contributed by atoms with Gasteiger partial charge < -0.3 is 29.9 Å². The zero-order chi connectivity index (χ0) is 23.4. The van der Waals surface area contributed by atoms with Crippen molar-refractivity contribution < 1.29 is 29.9 Å². The Kier molecular flexibility index (Phi) is 18.8. The molecule has 1 aliphatic rings. The molecule has 32 heavy (non-hydrogen) atoms. The topological polar surface area (TPSA) is 99.4 Å². The second-order valence-corrected chi connectivity index (χ2v) is 9.57. The van der Waals surface area contributed by atoms with Crippen molar-refractivity contribution in [3.8, 4) is 0 Å². The molecule has 0 spiro atoms. The van der Waals surface area contributed by atoms with Crippen molar-refractivity contribution in [3.63, 3.8) is 0 Å². The molecule has 5 atom stereocenters. The van der Waals surface area contributed by atoms with Crippen molar-refractivity contribution in [3.05, 3.63) is 0 Å². The summed E-state index contributed by atoms with van der Waals surface area (Å²) in [4.78, 5) is 0. The minimum absolute atomic E-state index is 0.387. The van der Waals surface area contributed by atoms with E-state index in [1.165, 1.54) is 96.3 Å². The summed E-state index contributed by atoms with van der Waals surface area (Å²) in [7, 11) is 0. The van der Waals surface area contributed by atoms with Crippen molar-refractivity contribution >= 4 is 0 Å². The van der Waals surface area contributed by atoms with Gasteiger partial charge in [0, 0.05) is 13.2 Å². The van der Waals surface area contributed by atoms with Crippen LogP contribution in [0.15, 0.2) is 0 Å². The Morgan fingerprint density at radius 2 is 1.00 bits per heavy atom. The van der Waals surface area contributed by atoms with E-state index in [0.29, 0.717) is 19.6 Å². The summed E-state index contributed by atoms with van der Waals surface area (Å²) in [6.07, 6.45) is 16.8. The Balaban J connectivity index is 1.82. The highest BCUT2D eigenvalue weighted by Crippen LogP contribution is 2.23. The van der Waals surface area contributed by atoms with Gasteiger partial charge in [0.15, 0.2) is 0 Å². The van der Waals surface area contributed by atoms with Gasteiger partial charge >= 0.3 is 0 Å². The molecule has 6 nitrogen and oxygen atoms in total. The third-order valence-electron chi connectivity index (χ3n) is 6.68. The van der Waals surface area contributed by atoms with Gasteiger partial charge in [0.25, 0.3) is 0 Å². The predicted molar refractivity (Wildman–Crippen MR) is 129 cm³/mol. The zero-order valence-electron chi connectivity index (χ0n) is 20.6. The lowest BCUT2D eigenvalue weighted by molar-refractivity contribution is -0.232. The lowest BCUT2D eigenvalue weighted by Gasteiger charge is -2.40. The molecular weight excluding hydrogens is 408 g/mol. The predicted octanol–water partition coefficient (Wildman–Crippen LogP) is 4.50. The molecule has 1 fully saturated rings. The van der Waals surface area contributed by atoms with Crippen LogP contribution in [-0.2, 0) is 9.47 Å². The Morgan fingerprint density at radius 3 is 1.47 bits per heavy atom. The third kappa shape index (κ3) is 13.5. The van der Waals surface area contributed by atoms with E-state index in [2.05, 4.69) is 6.92 Å². The molecule has 0 aromatic rings. The van der Waals surface area contributed by atoms with Gasteiger partial charge in [-0.3, -0.25) is 0 Å². The first kappa shape index (κ1) is 29.8. The molecule has 0 aliphatic carbocycles. The van der Waals surface area contributed by atoms with E-state index in [4.69, 9.17) is 9.47 Å². The SMILES string of the molecule is CCCCCCCCCCCCCCCCCCOCCC1O[C@H](CO)[C@H](O)[C@H](O)[C@H]1O. The third-order valence-corrected chi connectivity index (χ3v) is 6.68. The van der Waals surface area contributed by atoms with Crippen LogP contribution in [-0.4, -0.2) is 70.8 Å². The number of hydrogen-bond donors (Lipinski definition) is 4. The Bertz CT molecular complexity index is 406. The average Bonchev–Trinajstić information content (AvgIpc) is 2.80. The normalized spacial score (nSPS) is 26.0. The smallest absolute Gasteiger partial charge is 0.111 e. The molecule has 0 saturated carbocycles. The van der Waals surface area contributed by atoms with Gasteiger partial charge in [-0.05, 0) is 12.8 Å². The average molecular weight is 461 g/mol. The molecule has 0 aromatic carbocycles. The molecule has 1 rings (SSSR count). The molecule has 192 valence electrons. The van der Waals surface area contributed by atoms with Crippen LogP contribution in [0.5, 0.6) is 0 Å². The number of rotatable bonds is 21. The summed E-state index contributed by atoms with van der Waals surface area (Å²) >= 11 is 0. The van der Waals surface area contributed by atoms with Crippen LogP contribution >= 0.6 is 0 Å². The van der Waals surface area contributed by atoms with E-state index in [1.807, 2.05) is 0 Å². The van der Waals surface area contributed by atoms with Gasteiger partial charge in [0.1, 0.15) is 24.4 Å². The van der Waals surface area contributed by atoms with E-state index in [1.54, 1.807) is 0 Å². The van der Waals surface area contributed by atoms with Crippen molar-refractivity contribution in [2.75, 3.05) is 19.8 Å². The fraction of sp³-hybridized carbons (Fsp3) is 1.00. The maximum absolute atomic E-state index is 10.0. The van der Waals surface area contributed by atoms with Crippen LogP contribution in [0.4, 0.5) is 0 Å². The first-order valence-corrected chi connectivity index (χ1v) is 13.5. The van der Waals surface area contributed by atoms with Crippen molar-refractivity contribution in [2.24, 2.45) is 0 Å². The zero-order valence-corrected chi connectivity index (χ0v) is 20.6. The second kappa shape index (κ2) is 20.2. The number of hydrogen-bond acceptors (Lipinski definition) is 6. The van der Waals surface area contributed by atoms with Crippen LogP contribution in [0.3, 0.4) is 0 Å². The molecule has 6 heteroatoms. The number of ether oxygens (including phenoxy) is 2. The molecule has 0 amide bonds. The minimum Gasteiger partial charge on any atom is -0.394 e. The van der Waals surface area contributed by atoms with Gasteiger partial charge in [0.2, 0.25) is 0 Å². The van der Waals surface area contributed by atoms with E-state index in [0.717, 1.165) is 6.42 Å². The van der Waals surface area contributed by atoms with Gasteiger partial charge in [-0.1, -0.05) is 103 Å². The molecule has 1 saturated heterocycles. The maximum atomic E-state index is 10.0. The quantitative estimate of drug-likeness (QED) is 0.188. The van der Waals surface area contributed by atoms with Gasteiger partial charge in [-0.15, -0.1) is 0 Å². The van der Waals surface area contributed by atoms with E-state index in [9.17, 15) is 20.4 Å². The first-order chi connectivity index (χ1) is 15.6. The second-order valence-electron chi connectivity index (χ2n) is 9.57. The molecule has 1 unspecified atom stereocenters. The van der Waals surface area contributed by atoms with Gasteiger partial charge in [-0.25, -0.2) is 0 Å². The molecule has 1 heterocycles. The monoisotopic (exact) mass is 460 g/mol. The number of unbranched alkanes of at least 4 members (excludes halogenated alkanes) is 15. The summed E-state index contributed by atoms with van der Waals surface area (Å²) in [5.41, 5.74) is 0. The van der Waals surface area contributed by atoms with Crippen LogP contribution in [0.1, 0.15) is 116 Å². The minimum atomic E-state index is -1.30. The van der Waals surface area contributed by atoms with Crippen LogP contribution < -0.4 is 0 Å². The largest absolute Gasteiger partial charge is 0.394 e. The molecule has 0 bridgehead atoms. The Morgan fingerprint density at radius 1 is 0.562 bits per heavy atom. The van der Waals surface area contributed by atoms with Gasteiger partial charge in [0.05, 0.1) is 12.7 Å². The van der Waals surface area contributed by atoms with Crippen molar-refractivity contribution in [2.45, 2.75) is 147 Å². The van der Waals surface area contributed by atoms with Crippen LogP contribution in [0, 0.1) is 0 Å². The molecule has 4 N–H and O–H groups in total. The molecule has 1 aliphatic heterocycles. The molecular formula is C26H52O6. The fourth-order valence-corrected chi connectivity index (χ4v) is 4.47. The number of aliphatic hydroxyl groups is 4. The first-order valence-electron chi connectivity index (χ1n) is 13.5. The maximum Gasteiger partial charge on any atom is 0.111 e. The van der Waals surface area contributed by atoms with Gasteiger partial charge in [-0.2, -0.15) is 0 Å². The van der Waals surface area contributed by atoms with Crippen molar-refractivity contribution in [1.29, 1.82) is 0 Å². The van der Waals surface area contributed by atoms with Crippen LogP contribution in [0.25, 0.3) is 0 Å². The van der Waals surface area contributed by atoms with E-state index < -0.39 is 30.5 Å². The standard InChI is InChI=1S/C26H52O6/c1-2-3-4-5-6-7-8-9-10-11-12-13-14-15-16-17-19-31-20-18-22-24(28)26(30)25(29)23(21-27)32-22/h22-30H,2-21H2,1H3/t22?,23-,24+,25+,26-/m1/s1.